The van der Waals surface area contributed by atoms with Crippen LogP contribution in [0.3, 0.4) is 0 Å². The summed E-state index contributed by atoms with van der Waals surface area (Å²) in [5, 5.41) is 0.708. The zero-order chi connectivity index (χ0) is 28.8. The van der Waals surface area contributed by atoms with Gasteiger partial charge in [-0.3, -0.25) is 19.3 Å². The van der Waals surface area contributed by atoms with Crippen LogP contribution in [0.4, 0.5) is 4.39 Å². The topological polar surface area (TPSA) is 73.8 Å². The molecule has 3 atom stereocenters. The third-order valence-electron chi connectivity index (χ3n) is 8.37. The fraction of sp³-hybridized carbons (Fsp3) is 0.613. The molecule has 1 amide bonds. The molecule has 0 saturated carbocycles. The molecule has 7 nitrogen and oxygen atoms in total. The molecule has 0 spiro atoms. The van der Waals surface area contributed by atoms with Crippen molar-refractivity contribution >= 4 is 28.8 Å². The largest absolute Gasteiger partial charge is 0.348 e. The summed E-state index contributed by atoms with van der Waals surface area (Å²) in [5.41, 5.74) is 1.88. The van der Waals surface area contributed by atoms with Gasteiger partial charge in [0, 0.05) is 47.1 Å². The summed E-state index contributed by atoms with van der Waals surface area (Å²) in [6.07, 6.45) is 4.95. The first-order chi connectivity index (χ1) is 19.1. The van der Waals surface area contributed by atoms with E-state index >= 15 is 0 Å². The Morgan fingerprint density at radius 1 is 1.05 bits per heavy atom. The van der Waals surface area contributed by atoms with Crippen molar-refractivity contribution in [3.05, 3.63) is 51.2 Å². The Morgan fingerprint density at radius 3 is 2.48 bits per heavy atom. The molecule has 2 aromatic rings. The zero-order valence-corrected chi connectivity index (χ0v) is 25.1. The van der Waals surface area contributed by atoms with E-state index in [-0.39, 0.29) is 35.6 Å². The highest BCUT2D eigenvalue weighted by atomic mass is 32.1. The van der Waals surface area contributed by atoms with Gasteiger partial charge in [-0.25, -0.2) is 9.37 Å². The number of aryl methyl sites for hydroxylation is 1. The molecule has 0 aliphatic carbocycles. The molecule has 2 aliphatic rings. The molecule has 1 aromatic carbocycles. The highest BCUT2D eigenvalue weighted by molar-refractivity contribution is 7.13. The number of hydrogen-bond acceptors (Lipinski definition) is 7. The van der Waals surface area contributed by atoms with Crippen molar-refractivity contribution in [1.29, 1.82) is 0 Å². The van der Waals surface area contributed by atoms with E-state index in [1.165, 1.54) is 30.2 Å². The average Bonchev–Trinajstić information content (AvgIpc) is 3.27. The normalized spacial score (nSPS) is 22.3. The Bertz CT molecular complexity index is 1180. The minimum absolute atomic E-state index is 0.0125. The van der Waals surface area contributed by atoms with Gasteiger partial charge < -0.3 is 9.80 Å². The van der Waals surface area contributed by atoms with Gasteiger partial charge in [-0.1, -0.05) is 12.1 Å². The molecular formula is C31H43FN4O3S. The quantitative estimate of drug-likeness (QED) is 0.376. The third kappa shape index (κ3) is 8.51. The molecular weight excluding hydrogens is 527 g/mol. The van der Waals surface area contributed by atoms with Crippen LogP contribution in [-0.4, -0.2) is 90.5 Å². The van der Waals surface area contributed by atoms with Gasteiger partial charge >= 0.3 is 0 Å². The lowest BCUT2D eigenvalue weighted by Gasteiger charge is -2.42. The van der Waals surface area contributed by atoms with E-state index < -0.39 is 0 Å². The van der Waals surface area contributed by atoms with Crippen LogP contribution < -0.4 is 0 Å². The minimum atomic E-state index is -0.197. The Kier molecular flexibility index (Phi) is 10.6. The lowest BCUT2D eigenvalue weighted by molar-refractivity contribution is -0.130. The number of aromatic nitrogens is 1. The molecule has 0 N–H and O–H groups in total. The first-order valence-electron chi connectivity index (χ1n) is 14.5. The van der Waals surface area contributed by atoms with Crippen LogP contribution in [0.5, 0.6) is 0 Å². The molecule has 0 unspecified atom stereocenters. The van der Waals surface area contributed by atoms with Gasteiger partial charge in [0.1, 0.15) is 16.6 Å². The third-order valence-corrected chi connectivity index (χ3v) is 9.62. The van der Waals surface area contributed by atoms with Crippen LogP contribution in [0, 0.1) is 30.5 Å². The van der Waals surface area contributed by atoms with Crippen molar-refractivity contribution in [2.75, 3.05) is 53.4 Å². The summed E-state index contributed by atoms with van der Waals surface area (Å²) in [7, 11) is 3.56. The van der Waals surface area contributed by atoms with E-state index in [4.69, 9.17) is 0 Å². The number of thiazole rings is 1. The van der Waals surface area contributed by atoms with Crippen molar-refractivity contribution in [3.63, 3.8) is 0 Å². The maximum atomic E-state index is 13.4. The van der Waals surface area contributed by atoms with Gasteiger partial charge in [-0.15, -0.1) is 11.3 Å². The van der Waals surface area contributed by atoms with Gasteiger partial charge in [-0.2, -0.15) is 0 Å². The molecule has 2 aliphatic heterocycles. The number of halogens is 1. The molecule has 3 heterocycles. The van der Waals surface area contributed by atoms with Gasteiger partial charge in [0.05, 0.1) is 23.5 Å². The molecule has 4 rings (SSSR count). The van der Waals surface area contributed by atoms with Crippen LogP contribution >= 0.6 is 11.3 Å². The number of likely N-dealkylation sites (tertiary alicyclic amines) is 2. The molecule has 1 aromatic heterocycles. The standard InChI is InChI=1S/C31H43FN4O3S/c1-21-31(22(2)37)40-29(33-21)16-28(38)15-26-19-36(20-30(39)34(3)4)13-11-25(26)18-35-12-5-6-24(17-35)14-23-7-9-27(32)10-8-23/h7-10,24-26H,5-6,11-20H2,1-4H3/t24-,25-,26+/m0/s1. The number of piperidine rings is 2. The van der Waals surface area contributed by atoms with Gasteiger partial charge in [-0.05, 0) is 81.1 Å². The maximum Gasteiger partial charge on any atom is 0.236 e. The molecule has 218 valence electrons. The fourth-order valence-corrected chi connectivity index (χ4v) is 7.25. The molecule has 40 heavy (non-hydrogen) atoms. The Balaban J connectivity index is 1.40. The highest BCUT2D eigenvalue weighted by Crippen LogP contribution is 2.31. The summed E-state index contributed by atoms with van der Waals surface area (Å²) < 4.78 is 13.4. The Hall–Kier alpha value is -2.49. The van der Waals surface area contributed by atoms with E-state index in [0.717, 1.165) is 52.0 Å². The van der Waals surface area contributed by atoms with Gasteiger partial charge in [0.2, 0.25) is 5.91 Å². The Labute approximate surface area is 241 Å². The summed E-state index contributed by atoms with van der Waals surface area (Å²) in [4.78, 5) is 49.1. The van der Waals surface area contributed by atoms with E-state index in [2.05, 4.69) is 14.8 Å². The van der Waals surface area contributed by atoms with Gasteiger partial charge in [0.25, 0.3) is 0 Å². The van der Waals surface area contributed by atoms with Crippen LogP contribution in [0.2, 0.25) is 0 Å². The monoisotopic (exact) mass is 570 g/mol. The SMILES string of the molecule is CC(=O)c1sc(CC(=O)C[C@@H]2CN(CC(=O)N(C)C)CC[C@H]2CN2CCC[C@@H](Cc3ccc(F)cc3)C2)nc1C. The lowest BCUT2D eigenvalue weighted by Crippen LogP contribution is -2.49. The van der Waals surface area contributed by atoms with E-state index in [1.807, 2.05) is 19.1 Å². The summed E-state index contributed by atoms with van der Waals surface area (Å²) in [5.74, 6) is 1.11. The highest BCUT2D eigenvalue weighted by Gasteiger charge is 2.34. The van der Waals surface area contributed by atoms with E-state index in [9.17, 15) is 18.8 Å². The number of carbonyl (C=O) groups excluding carboxylic acids is 3. The predicted octanol–water partition coefficient (Wildman–Crippen LogP) is 4.28. The van der Waals surface area contributed by atoms with Crippen molar-refractivity contribution in [1.82, 2.24) is 19.7 Å². The maximum absolute atomic E-state index is 13.4. The molecule has 0 bridgehead atoms. The summed E-state index contributed by atoms with van der Waals surface area (Å²) in [6.45, 7) is 8.36. The van der Waals surface area contributed by atoms with Crippen molar-refractivity contribution in [3.8, 4) is 0 Å². The zero-order valence-electron chi connectivity index (χ0n) is 24.3. The number of amides is 1. The Morgan fingerprint density at radius 2 is 1.80 bits per heavy atom. The van der Waals surface area contributed by atoms with Crippen molar-refractivity contribution in [2.24, 2.45) is 17.8 Å². The molecule has 2 fully saturated rings. The van der Waals surface area contributed by atoms with Crippen LogP contribution in [0.1, 0.15) is 58.5 Å². The number of likely N-dealkylation sites (N-methyl/N-ethyl adjacent to an activating group) is 1. The lowest BCUT2D eigenvalue weighted by atomic mass is 9.80. The second kappa shape index (κ2) is 13.9. The summed E-state index contributed by atoms with van der Waals surface area (Å²) >= 11 is 1.33. The van der Waals surface area contributed by atoms with Gasteiger partial charge in [0.15, 0.2) is 5.78 Å². The summed E-state index contributed by atoms with van der Waals surface area (Å²) in [6, 6.07) is 6.87. The molecule has 9 heteroatoms. The van der Waals surface area contributed by atoms with Crippen molar-refractivity contribution < 1.29 is 18.8 Å². The second-order valence-electron chi connectivity index (χ2n) is 11.9. The number of nitrogens with zero attached hydrogens (tertiary/aromatic N) is 4. The van der Waals surface area contributed by atoms with E-state index in [1.54, 1.807) is 31.1 Å². The first kappa shape index (κ1) is 30.5. The first-order valence-corrected chi connectivity index (χ1v) is 15.3. The second-order valence-corrected chi connectivity index (χ2v) is 13.0. The minimum Gasteiger partial charge on any atom is -0.348 e. The van der Waals surface area contributed by atoms with E-state index in [0.29, 0.717) is 40.4 Å². The van der Waals surface area contributed by atoms with Crippen molar-refractivity contribution in [2.45, 2.75) is 52.4 Å². The van der Waals surface area contributed by atoms with Crippen LogP contribution in [0.15, 0.2) is 24.3 Å². The fourth-order valence-electron chi connectivity index (χ4n) is 6.26. The number of rotatable bonds is 11. The predicted molar refractivity (Wildman–Crippen MR) is 156 cm³/mol. The number of carbonyl (C=O) groups is 3. The molecule has 0 radical (unpaired) electrons. The number of Topliss-reactive ketones (excluding diaryl/α,β-unsaturated/α-hetero) is 2. The smallest absolute Gasteiger partial charge is 0.236 e. The number of benzene rings is 1. The van der Waals surface area contributed by atoms with Crippen LogP contribution in [-0.2, 0) is 22.4 Å². The molecule has 2 saturated heterocycles. The van der Waals surface area contributed by atoms with Crippen LogP contribution in [0.25, 0.3) is 0 Å². The number of hydrogen-bond donors (Lipinski definition) is 0. The average molecular weight is 571 g/mol. The number of ketones is 2.